The molecule has 3 atom stereocenters. The Labute approximate surface area is 184 Å². The topological polar surface area (TPSA) is 78.1 Å². The molecule has 0 radical (unpaired) electrons. The lowest BCUT2D eigenvalue weighted by Crippen LogP contribution is -2.34. The average molecular weight is 410 g/mol. The Bertz CT molecular complexity index is 849. The van der Waals surface area contributed by atoms with Crippen LogP contribution in [0.5, 0.6) is 0 Å². The van der Waals surface area contributed by atoms with Gasteiger partial charge in [-0.3, -0.25) is 0 Å². The highest BCUT2D eigenvalue weighted by Gasteiger charge is 2.40. The lowest BCUT2D eigenvalue weighted by molar-refractivity contribution is 0.145. The molecule has 0 aromatic rings. The number of nitrogens with two attached hydrogens (primary N) is 3. The van der Waals surface area contributed by atoms with E-state index in [4.69, 9.17) is 17.2 Å². The fourth-order valence-corrected chi connectivity index (χ4v) is 4.94. The van der Waals surface area contributed by atoms with E-state index in [1.54, 1.807) is 0 Å². The zero-order valence-corrected chi connectivity index (χ0v) is 20.2. The largest absolute Gasteiger partial charge is 0.400 e. The van der Waals surface area contributed by atoms with Crippen LogP contribution in [0.15, 0.2) is 69.8 Å². The van der Waals surface area contributed by atoms with Gasteiger partial charge < -0.3 is 17.2 Å². The fourth-order valence-electron chi connectivity index (χ4n) is 4.94. The summed E-state index contributed by atoms with van der Waals surface area (Å²) >= 11 is 0. The van der Waals surface area contributed by atoms with Crippen LogP contribution in [0.25, 0.3) is 0 Å². The maximum atomic E-state index is 6.45. The molecule has 0 fully saturated rings. The molecule has 0 aliphatic heterocycles. The van der Waals surface area contributed by atoms with E-state index in [1.165, 1.54) is 29.6 Å². The number of allylic oxidation sites excluding steroid dienone is 9. The van der Waals surface area contributed by atoms with Gasteiger partial charge in [0, 0.05) is 17.0 Å². The third kappa shape index (κ3) is 4.31. The van der Waals surface area contributed by atoms with Gasteiger partial charge in [0.25, 0.3) is 0 Å². The zero-order valence-electron chi connectivity index (χ0n) is 20.2. The van der Waals surface area contributed by atoms with E-state index in [1.807, 2.05) is 0 Å². The number of rotatable bonds is 6. The van der Waals surface area contributed by atoms with Gasteiger partial charge in [0.1, 0.15) is 0 Å². The van der Waals surface area contributed by atoms with Gasteiger partial charge in [-0.15, -0.1) is 0 Å². The van der Waals surface area contributed by atoms with Crippen LogP contribution >= 0.6 is 0 Å². The van der Waals surface area contributed by atoms with Crippen LogP contribution in [-0.4, -0.2) is 0 Å². The molecule has 0 aromatic carbocycles. The molecular weight excluding hydrogens is 366 g/mol. The standard InChI is InChI=1S/C27H43N3/c1-8-14-26(6,10-3)27(7)15-12-11-13-21(17-27)22-16-20(9-2)24(29)25(30)23(28)19(5)18(22)4/h11-13,15,17,19H,8-10,14,16,28-30H2,1-7H3/b22-18+,24-20+,25-23-. The molecule has 0 saturated heterocycles. The molecule has 2 aliphatic rings. The molecule has 3 unspecified atom stereocenters. The summed E-state index contributed by atoms with van der Waals surface area (Å²) in [5.74, 6) is 0.0573. The molecule has 0 heterocycles. The maximum absolute atomic E-state index is 6.45. The molecule has 166 valence electrons. The van der Waals surface area contributed by atoms with Crippen molar-refractivity contribution in [3.63, 3.8) is 0 Å². The smallest absolute Gasteiger partial charge is 0.0744 e. The van der Waals surface area contributed by atoms with E-state index in [9.17, 15) is 0 Å². The first-order chi connectivity index (χ1) is 14.0. The third-order valence-corrected chi connectivity index (χ3v) is 7.91. The second-order valence-corrected chi connectivity index (χ2v) is 9.56. The number of hydrogen-bond acceptors (Lipinski definition) is 3. The van der Waals surface area contributed by atoms with E-state index in [2.05, 4.69) is 78.8 Å². The van der Waals surface area contributed by atoms with Crippen LogP contribution in [0.1, 0.15) is 80.6 Å². The second kappa shape index (κ2) is 9.32. The van der Waals surface area contributed by atoms with Gasteiger partial charge in [0.2, 0.25) is 0 Å². The first-order valence-corrected chi connectivity index (χ1v) is 11.6. The van der Waals surface area contributed by atoms with Crippen LogP contribution in [0.4, 0.5) is 0 Å². The van der Waals surface area contributed by atoms with E-state index >= 15 is 0 Å². The van der Waals surface area contributed by atoms with Crippen molar-refractivity contribution < 1.29 is 0 Å². The Kier molecular flexibility index (Phi) is 7.49. The van der Waals surface area contributed by atoms with Crippen molar-refractivity contribution in [2.75, 3.05) is 0 Å². The Morgan fingerprint density at radius 2 is 1.77 bits per heavy atom. The molecule has 2 rings (SSSR count). The van der Waals surface area contributed by atoms with Crippen molar-refractivity contribution in [3.8, 4) is 0 Å². The van der Waals surface area contributed by atoms with E-state index in [0.29, 0.717) is 17.1 Å². The van der Waals surface area contributed by atoms with E-state index in [-0.39, 0.29) is 16.7 Å². The van der Waals surface area contributed by atoms with Crippen molar-refractivity contribution in [2.45, 2.75) is 80.6 Å². The van der Waals surface area contributed by atoms with E-state index in [0.717, 1.165) is 24.8 Å². The molecule has 0 saturated carbocycles. The molecule has 3 heteroatoms. The molecule has 0 amide bonds. The van der Waals surface area contributed by atoms with Crippen LogP contribution < -0.4 is 17.2 Å². The molecule has 3 nitrogen and oxygen atoms in total. The van der Waals surface area contributed by atoms with E-state index < -0.39 is 0 Å². The predicted molar refractivity (Wildman–Crippen MR) is 131 cm³/mol. The predicted octanol–water partition coefficient (Wildman–Crippen LogP) is 6.37. The van der Waals surface area contributed by atoms with Gasteiger partial charge >= 0.3 is 0 Å². The van der Waals surface area contributed by atoms with Crippen molar-refractivity contribution >= 4 is 0 Å². The Morgan fingerprint density at radius 3 is 2.33 bits per heavy atom. The minimum absolute atomic E-state index is 0.0302. The summed E-state index contributed by atoms with van der Waals surface area (Å²) in [7, 11) is 0. The van der Waals surface area contributed by atoms with Crippen molar-refractivity contribution in [1.82, 2.24) is 0 Å². The second-order valence-electron chi connectivity index (χ2n) is 9.56. The normalized spacial score (nSPS) is 34.8. The van der Waals surface area contributed by atoms with Crippen molar-refractivity contribution in [1.29, 1.82) is 0 Å². The van der Waals surface area contributed by atoms with Gasteiger partial charge in [-0.1, -0.05) is 83.9 Å². The van der Waals surface area contributed by atoms with Crippen molar-refractivity contribution in [2.24, 2.45) is 33.9 Å². The fraction of sp³-hybridized carbons (Fsp3) is 0.556. The highest BCUT2D eigenvalue weighted by atomic mass is 14.8. The minimum Gasteiger partial charge on any atom is -0.400 e. The average Bonchev–Trinajstić information content (AvgIpc) is 2.94. The first kappa shape index (κ1) is 24.1. The SMILES string of the molecule is CCCC(C)(CC)C1(C)C=CC=CC(/C2=C(\C)C(C)/C(N)=C(N)\C(N)=C(\CC)C2)=C1. The summed E-state index contributed by atoms with van der Waals surface area (Å²) in [6.45, 7) is 15.9. The Morgan fingerprint density at radius 1 is 1.10 bits per heavy atom. The summed E-state index contributed by atoms with van der Waals surface area (Å²) in [5.41, 5.74) is 26.3. The lowest BCUT2D eigenvalue weighted by Gasteiger charge is -2.43. The van der Waals surface area contributed by atoms with Gasteiger partial charge in [0.05, 0.1) is 11.4 Å². The third-order valence-electron chi connectivity index (χ3n) is 7.91. The van der Waals surface area contributed by atoms with Gasteiger partial charge in [-0.05, 0) is 54.7 Å². The van der Waals surface area contributed by atoms with Crippen molar-refractivity contribution in [3.05, 3.63) is 69.8 Å². The van der Waals surface area contributed by atoms with Crippen LogP contribution in [0, 0.1) is 16.7 Å². The first-order valence-electron chi connectivity index (χ1n) is 11.6. The molecule has 6 N–H and O–H groups in total. The highest BCUT2D eigenvalue weighted by Crippen LogP contribution is 2.50. The molecular formula is C27H43N3. The van der Waals surface area contributed by atoms with Gasteiger partial charge in [0.15, 0.2) is 0 Å². The van der Waals surface area contributed by atoms with Gasteiger partial charge in [-0.2, -0.15) is 0 Å². The Balaban J connectivity index is 2.72. The maximum Gasteiger partial charge on any atom is 0.0744 e. The highest BCUT2D eigenvalue weighted by molar-refractivity contribution is 5.53. The summed E-state index contributed by atoms with van der Waals surface area (Å²) in [4.78, 5) is 0. The number of hydrogen-bond donors (Lipinski definition) is 3. The summed E-state index contributed by atoms with van der Waals surface area (Å²) < 4.78 is 0. The quantitative estimate of drug-likeness (QED) is 0.477. The summed E-state index contributed by atoms with van der Waals surface area (Å²) in [5, 5.41) is 0. The zero-order chi connectivity index (χ0) is 22.7. The van der Waals surface area contributed by atoms with Gasteiger partial charge in [-0.25, -0.2) is 0 Å². The summed E-state index contributed by atoms with van der Waals surface area (Å²) in [6.07, 6.45) is 16.7. The van der Waals surface area contributed by atoms with Crippen LogP contribution in [0.3, 0.4) is 0 Å². The molecule has 0 bridgehead atoms. The Hall–Kier alpha value is -2.16. The molecule has 0 spiro atoms. The molecule has 0 aromatic heterocycles. The van der Waals surface area contributed by atoms with Crippen LogP contribution in [0.2, 0.25) is 0 Å². The monoisotopic (exact) mass is 409 g/mol. The molecule has 2 aliphatic carbocycles. The lowest BCUT2D eigenvalue weighted by atomic mass is 9.61. The molecule has 30 heavy (non-hydrogen) atoms. The minimum atomic E-state index is -0.0302. The van der Waals surface area contributed by atoms with Crippen LogP contribution in [-0.2, 0) is 0 Å². The summed E-state index contributed by atoms with van der Waals surface area (Å²) in [6, 6.07) is 0.